The second-order valence-electron chi connectivity index (χ2n) is 6.04. The molecule has 0 aliphatic rings. The topological polar surface area (TPSA) is 45.9 Å². The number of pyridine rings is 1. The van der Waals surface area contributed by atoms with Gasteiger partial charge in [-0.1, -0.05) is 39.0 Å². The lowest BCUT2D eigenvalue weighted by molar-refractivity contribution is 0.461. The Balaban J connectivity index is 2.03. The smallest absolute Gasteiger partial charge is 0.219 e. The van der Waals surface area contributed by atoms with Gasteiger partial charge in [-0.05, 0) is 35.1 Å². The van der Waals surface area contributed by atoms with E-state index < -0.39 is 0 Å². The van der Waals surface area contributed by atoms with Crippen LogP contribution < -0.4 is 4.74 Å². The third kappa shape index (κ3) is 4.32. The molecule has 0 radical (unpaired) electrons. The van der Waals surface area contributed by atoms with Crippen molar-refractivity contribution in [3.8, 4) is 17.7 Å². The average molecular weight is 280 g/mol. The SMILES string of the molecule is CC(C)(C)c1ccc(Oc2ccc(CCC#N)cn2)cc1. The van der Waals surface area contributed by atoms with Gasteiger partial charge in [0.15, 0.2) is 0 Å². The molecule has 2 aromatic rings. The molecule has 0 unspecified atom stereocenters. The highest BCUT2D eigenvalue weighted by molar-refractivity contribution is 5.33. The van der Waals surface area contributed by atoms with E-state index in [1.54, 1.807) is 6.20 Å². The monoisotopic (exact) mass is 280 g/mol. The van der Waals surface area contributed by atoms with Gasteiger partial charge in [-0.3, -0.25) is 0 Å². The fourth-order valence-electron chi connectivity index (χ4n) is 1.96. The molecule has 1 aromatic carbocycles. The standard InChI is InChI=1S/C18H20N2O/c1-18(2,3)15-7-9-16(10-8-15)21-17-11-6-14(13-20-17)5-4-12-19/h6-11,13H,4-5H2,1-3H3. The summed E-state index contributed by atoms with van der Waals surface area (Å²) in [5.41, 5.74) is 2.46. The van der Waals surface area contributed by atoms with Crippen molar-refractivity contribution in [2.24, 2.45) is 0 Å². The number of nitrogens with zero attached hydrogens (tertiary/aromatic N) is 2. The minimum atomic E-state index is 0.138. The summed E-state index contributed by atoms with van der Waals surface area (Å²) >= 11 is 0. The number of nitriles is 1. The predicted octanol–water partition coefficient (Wildman–Crippen LogP) is 4.63. The highest BCUT2D eigenvalue weighted by Gasteiger charge is 2.13. The van der Waals surface area contributed by atoms with Crippen LogP contribution in [0, 0.1) is 11.3 Å². The second-order valence-corrected chi connectivity index (χ2v) is 6.04. The molecule has 0 bridgehead atoms. The van der Waals surface area contributed by atoms with E-state index in [9.17, 15) is 0 Å². The first kappa shape index (κ1) is 15.1. The summed E-state index contributed by atoms with van der Waals surface area (Å²) in [6, 6.07) is 14.0. The van der Waals surface area contributed by atoms with Gasteiger partial charge in [-0.2, -0.15) is 5.26 Å². The Bertz CT molecular complexity index is 616. The van der Waals surface area contributed by atoms with Gasteiger partial charge in [-0.15, -0.1) is 0 Å². The number of aryl methyl sites for hydroxylation is 1. The first-order valence-corrected chi connectivity index (χ1v) is 7.09. The van der Waals surface area contributed by atoms with Crippen molar-refractivity contribution >= 4 is 0 Å². The van der Waals surface area contributed by atoms with Crippen LogP contribution in [-0.2, 0) is 11.8 Å². The second kappa shape index (κ2) is 6.41. The molecule has 0 fully saturated rings. The molecule has 0 saturated carbocycles. The Labute approximate surface area is 126 Å². The molecular weight excluding hydrogens is 260 g/mol. The molecule has 108 valence electrons. The predicted molar refractivity (Wildman–Crippen MR) is 83.4 cm³/mol. The first-order chi connectivity index (χ1) is 9.99. The van der Waals surface area contributed by atoms with Crippen LogP contribution in [0.15, 0.2) is 42.6 Å². The van der Waals surface area contributed by atoms with Gasteiger partial charge in [0.1, 0.15) is 5.75 Å². The van der Waals surface area contributed by atoms with Crippen LogP contribution in [0.25, 0.3) is 0 Å². The third-order valence-corrected chi connectivity index (χ3v) is 3.27. The normalized spacial score (nSPS) is 11.0. The minimum absolute atomic E-state index is 0.138. The van der Waals surface area contributed by atoms with Gasteiger partial charge >= 0.3 is 0 Å². The van der Waals surface area contributed by atoms with Crippen molar-refractivity contribution in [2.45, 2.75) is 39.0 Å². The molecule has 2 rings (SSSR count). The molecule has 1 heterocycles. The van der Waals surface area contributed by atoms with Crippen molar-refractivity contribution in [1.29, 1.82) is 5.26 Å². The van der Waals surface area contributed by atoms with E-state index in [4.69, 9.17) is 10.00 Å². The van der Waals surface area contributed by atoms with Crippen molar-refractivity contribution in [3.05, 3.63) is 53.7 Å². The summed E-state index contributed by atoms with van der Waals surface area (Å²) in [5.74, 6) is 1.35. The Hall–Kier alpha value is -2.34. The number of hydrogen-bond acceptors (Lipinski definition) is 3. The number of hydrogen-bond donors (Lipinski definition) is 0. The van der Waals surface area contributed by atoms with E-state index in [1.807, 2.05) is 24.3 Å². The Morgan fingerprint density at radius 3 is 2.33 bits per heavy atom. The minimum Gasteiger partial charge on any atom is -0.439 e. The van der Waals surface area contributed by atoms with Crippen LogP contribution in [0.1, 0.15) is 38.3 Å². The third-order valence-electron chi connectivity index (χ3n) is 3.27. The van der Waals surface area contributed by atoms with Crippen molar-refractivity contribution in [2.75, 3.05) is 0 Å². The van der Waals surface area contributed by atoms with E-state index in [1.165, 1.54) is 5.56 Å². The molecule has 0 amide bonds. The zero-order valence-corrected chi connectivity index (χ0v) is 12.8. The number of benzene rings is 1. The molecule has 0 saturated heterocycles. The molecule has 0 N–H and O–H groups in total. The quantitative estimate of drug-likeness (QED) is 0.820. The summed E-state index contributed by atoms with van der Waals surface area (Å²) in [7, 11) is 0. The van der Waals surface area contributed by atoms with Gasteiger partial charge in [0.25, 0.3) is 0 Å². The van der Waals surface area contributed by atoms with Crippen LogP contribution in [0.3, 0.4) is 0 Å². The highest BCUT2D eigenvalue weighted by Crippen LogP contribution is 2.26. The van der Waals surface area contributed by atoms with Crippen molar-refractivity contribution in [1.82, 2.24) is 4.98 Å². The molecule has 0 aliphatic carbocycles. The lowest BCUT2D eigenvalue weighted by Crippen LogP contribution is -2.10. The molecule has 3 nitrogen and oxygen atoms in total. The molecule has 21 heavy (non-hydrogen) atoms. The summed E-state index contributed by atoms with van der Waals surface area (Å²) in [6.07, 6.45) is 3.00. The van der Waals surface area contributed by atoms with E-state index in [0.717, 1.165) is 17.7 Å². The lowest BCUT2D eigenvalue weighted by Gasteiger charge is -2.19. The summed E-state index contributed by atoms with van der Waals surface area (Å²) in [6.45, 7) is 6.55. The molecule has 3 heteroatoms. The van der Waals surface area contributed by atoms with Crippen LogP contribution in [-0.4, -0.2) is 4.98 Å². The maximum Gasteiger partial charge on any atom is 0.219 e. The number of aromatic nitrogens is 1. The Morgan fingerprint density at radius 1 is 1.10 bits per heavy atom. The van der Waals surface area contributed by atoms with E-state index in [2.05, 4.69) is 44.0 Å². The Morgan fingerprint density at radius 2 is 1.81 bits per heavy atom. The van der Waals surface area contributed by atoms with E-state index >= 15 is 0 Å². The van der Waals surface area contributed by atoms with Crippen LogP contribution in [0.5, 0.6) is 11.6 Å². The van der Waals surface area contributed by atoms with Crippen LogP contribution >= 0.6 is 0 Å². The van der Waals surface area contributed by atoms with Crippen molar-refractivity contribution in [3.63, 3.8) is 0 Å². The van der Waals surface area contributed by atoms with Gasteiger partial charge in [-0.25, -0.2) is 4.98 Å². The first-order valence-electron chi connectivity index (χ1n) is 7.09. The zero-order chi connectivity index (χ0) is 15.3. The highest BCUT2D eigenvalue weighted by atomic mass is 16.5. The lowest BCUT2D eigenvalue weighted by atomic mass is 9.87. The van der Waals surface area contributed by atoms with Crippen LogP contribution in [0.2, 0.25) is 0 Å². The number of ether oxygens (including phenoxy) is 1. The largest absolute Gasteiger partial charge is 0.439 e. The molecule has 1 aromatic heterocycles. The maximum absolute atomic E-state index is 8.56. The number of rotatable bonds is 4. The van der Waals surface area contributed by atoms with Gasteiger partial charge in [0.2, 0.25) is 5.88 Å². The van der Waals surface area contributed by atoms with Gasteiger partial charge in [0.05, 0.1) is 6.07 Å². The molecule has 0 atom stereocenters. The maximum atomic E-state index is 8.56. The summed E-state index contributed by atoms with van der Waals surface area (Å²) in [4.78, 5) is 4.27. The van der Waals surface area contributed by atoms with Crippen molar-refractivity contribution < 1.29 is 4.74 Å². The van der Waals surface area contributed by atoms with E-state index in [-0.39, 0.29) is 5.41 Å². The zero-order valence-electron chi connectivity index (χ0n) is 12.8. The molecule has 0 spiro atoms. The molecule has 0 aliphatic heterocycles. The Kier molecular flexibility index (Phi) is 4.59. The van der Waals surface area contributed by atoms with E-state index in [0.29, 0.717) is 12.3 Å². The fourth-order valence-corrected chi connectivity index (χ4v) is 1.96. The fraction of sp³-hybridized carbons (Fsp3) is 0.333. The van der Waals surface area contributed by atoms with Crippen LogP contribution in [0.4, 0.5) is 0 Å². The summed E-state index contributed by atoms with van der Waals surface area (Å²) < 4.78 is 5.73. The summed E-state index contributed by atoms with van der Waals surface area (Å²) in [5, 5.41) is 8.56. The van der Waals surface area contributed by atoms with Gasteiger partial charge in [0, 0.05) is 18.7 Å². The molecular formula is C18H20N2O. The van der Waals surface area contributed by atoms with Gasteiger partial charge < -0.3 is 4.74 Å². The average Bonchev–Trinajstić information content (AvgIpc) is 2.46.